The molecule has 31 heavy (non-hydrogen) atoms. The molecule has 0 fully saturated rings. The molecule has 0 heterocycles. The molecule has 0 aromatic heterocycles. The third-order valence-corrected chi connectivity index (χ3v) is 4.60. The number of nitrogens with one attached hydrogen (secondary N) is 4. The average molecular weight is 464 g/mol. The Morgan fingerprint density at radius 3 is 2.45 bits per heavy atom. The van der Waals surface area contributed by atoms with Crippen LogP contribution in [0.1, 0.15) is 28.8 Å². The van der Waals surface area contributed by atoms with Crippen molar-refractivity contribution in [2.24, 2.45) is 0 Å². The van der Waals surface area contributed by atoms with Crippen LogP contribution in [-0.2, 0) is 9.59 Å². The van der Waals surface area contributed by atoms with E-state index in [0.717, 1.165) is 6.07 Å². The molecule has 0 aliphatic heterocycles. The normalized spacial score (nSPS) is 10.0. The molecule has 0 bridgehead atoms. The first-order valence-corrected chi connectivity index (χ1v) is 9.65. The molecule has 0 radical (unpaired) electrons. The zero-order chi connectivity index (χ0) is 23.0. The Morgan fingerprint density at radius 2 is 1.74 bits per heavy atom. The molecule has 3 amide bonds. The summed E-state index contributed by atoms with van der Waals surface area (Å²) in [5.41, 5.74) is 5.64. The van der Waals surface area contributed by atoms with Gasteiger partial charge in [-0.3, -0.25) is 40.7 Å². The molecule has 12 heteroatoms. The Morgan fingerprint density at radius 1 is 1.06 bits per heavy atom. The first-order chi connectivity index (χ1) is 14.7. The van der Waals surface area contributed by atoms with Gasteiger partial charge in [0.15, 0.2) is 5.11 Å². The Kier molecular flexibility index (Phi) is 8.41. The number of benzene rings is 2. The van der Waals surface area contributed by atoms with E-state index in [4.69, 9.17) is 23.8 Å². The SMILES string of the molecule is Cc1c(Cl)cccc1NC(=O)CCC(=O)NNC(=S)NC(=O)c1cccc([N+](=O)[O-])c1. The number of thiocarbonyl (C=S) groups is 1. The van der Waals surface area contributed by atoms with Gasteiger partial charge in [0.1, 0.15) is 0 Å². The van der Waals surface area contributed by atoms with Gasteiger partial charge in [-0.05, 0) is 42.9 Å². The first-order valence-electron chi connectivity index (χ1n) is 8.87. The van der Waals surface area contributed by atoms with Crippen LogP contribution in [0.5, 0.6) is 0 Å². The number of hydrogen-bond acceptors (Lipinski definition) is 6. The minimum atomic E-state index is -0.688. The van der Waals surface area contributed by atoms with Crippen molar-refractivity contribution in [3.8, 4) is 0 Å². The summed E-state index contributed by atoms with van der Waals surface area (Å²) in [6.07, 6.45) is -0.230. The molecule has 162 valence electrons. The van der Waals surface area contributed by atoms with Gasteiger partial charge in [-0.25, -0.2) is 0 Å². The fraction of sp³-hybridized carbons (Fsp3) is 0.158. The van der Waals surface area contributed by atoms with Crippen molar-refractivity contribution in [3.63, 3.8) is 0 Å². The molecule has 2 aromatic carbocycles. The van der Waals surface area contributed by atoms with Gasteiger partial charge in [0.25, 0.3) is 11.6 Å². The van der Waals surface area contributed by atoms with E-state index in [1.165, 1.54) is 18.2 Å². The first kappa shape index (κ1) is 23.7. The zero-order valence-corrected chi connectivity index (χ0v) is 17.8. The Bertz CT molecular complexity index is 1050. The molecular weight excluding hydrogens is 446 g/mol. The molecule has 0 saturated heterocycles. The van der Waals surface area contributed by atoms with Crippen molar-refractivity contribution in [3.05, 3.63) is 68.7 Å². The number of carbonyl (C=O) groups excluding carboxylic acids is 3. The van der Waals surface area contributed by atoms with E-state index in [9.17, 15) is 24.5 Å². The molecule has 2 aromatic rings. The number of halogens is 1. The monoisotopic (exact) mass is 463 g/mol. The number of rotatable bonds is 6. The van der Waals surface area contributed by atoms with Gasteiger partial charge in [-0.15, -0.1) is 0 Å². The summed E-state index contributed by atoms with van der Waals surface area (Å²) < 4.78 is 0. The summed E-state index contributed by atoms with van der Waals surface area (Å²) >= 11 is 10.9. The second kappa shape index (κ2) is 11.0. The number of hydrazine groups is 1. The lowest BCUT2D eigenvalue weighted by atomic mass is 10.2. The summed E-state index contributed by atoms with van der Waals surface area (Å²) in [7, 11) is 0. The van der Waals surface area contributed by atoms with Gasteiger partial charge in [0.2, 0.25) is 11.8 Å². The van der Waals surface area contributed by atoms with Crippen LogP contribution in [0.3, 0.4) is 0 Å². The highest BCUT2D eigenvalue weighted by atomic mass is 35.5. The third-order valence-electron chi connectivity index (χ3n) is 3.98. The second-order valence-electron chi connectivity index (χ2n) is 6.22. The number of nitro groups is 1. The predicted molar refractivity (Wildman–Crippen MR) is 118 cm³/mol. The maximum atomic E-state index is 12.1. The number of nitrogens with zero attached hydrogens (tertiary/aromatic N) is 1. The smallest absolute Gasteiger partial charge is 0.270 e. The van der Waals surface area contributed by atoms with Crippen LogP contribution in [0.25, 0.3) is 0 Å². The van der Waals surface area contributed by atoms with Crippen LogP contribution in [0.4, 0.5) is 11.4 Å². The zero-order valence-electron chi connectivity index (χ0n) is 16.2. The predicted octanol–water partition coefficient (Wildman–Crippen LogP) is 2.61. The summed E-state index contributed by atoms with van der Waals surface area (Å²) in [6.45, 7) is 1.76. The van der Waals surface area contributed by atoms with Crippen molar-refractivity contribution in [1.82, 2.24) is 16.2 Å². The molecule has 0 aliphatic rings. The number of carbonyl (C=O) groups is 3. The fourth-order valence-corrected chi connectivity index (χ4v) is 2.66. The van der Waals surface area contributed by atoms with Crippen molar-refractivity contribution in [2.75, 3.05) is 5.32 Å². The molecule has 0 aliphatic carbocycles. The standard InChI is InChI=1S/C19H18ClN5O5S/c1-11-14(20)6-3-7-15(11)21-16(26)8-9-17(27)23-24-19(31)22-18(28)12-4-2-5-13(10-12)25(29)30/h2-7,10H,8-9H2,1H3,(H,21,26)(H,23,27)(H2,22,24,28,31). The van der Waals surface area contributed by atoms with E-state index in [1.807, 2.05) is 0 Å². The Balaban J connectivity index is 1.75. The van der Waals surface area contributed by atoms with Crippen LogP contribution in [-0.4, -0.2) is 27.8 Å². The van der Waals surface area contributed by atoms with Crippen LogP contribution >= 0.6 is 23.8 Å². The molecule has 0 unspecified atom stereocenters. The molecule has 0 atom stereocenters. The Labute approximate surface area is 187 Å². The van der Waals surface area contributed by atoms with Gasteiger partial charge in [0.05, 0.1) is 4.92 Å². The average Bonchev–Trinajstić information content (AvgIpc) is 2.74. The number of amides is 3. The van der Waals surface area contributed by atoms with Gasteiger partial charge < -0.3 is 5.32 Å². The molecule has 10 nitrogen and oxygen atoms in total. The molecule has 4 N–H and O–H groups in total. The lowest BCUT2D eigenvalue weighted by Gasteiger charge is -2.11. The second-order valence-corrected chi connectivity index (χ2v) is 7.04. The van der Waals surface area contributed by atoms with E-state index in [2.05, 4.69) is 21.5 Å². The fourth-order valence-electron chi connectivity index (χ4n) is 2.34. The lowest BCUT2D eigenvalue weighted by Crippen LogP contribution is -2.48. The lowest BCUT2D eigenvalue weighted by molar-refractivity contribution is -0.384. The highest BCUT2D eigenvalue weighted by molar-refractivity contribution is 7.80. The van der Waals surface area contributed by atoms with Gasteiger partial charge in [0, 0.05) is 41.2 Å². The van der Waals surface area contributed by atoms with E-state index in [1.54, 1.807) is 25.1 Å². The maximum Gasteiger partial charge on any atom is 0.270 e. The highest BCUT2D eigenvalue weighted by Crippen LogP contribution is 2.23. The van der Waals surface area contributed by atoms with Crippen LogP contribution < -0.4 is 21.5 Å². The summed E-state index contributed by atoms with van der Waals surface area (Å²) in [5, 5.41) is 16.0. The number of hydrogen-bond donors (Lipinski definition) is 4. The quantitative estimate of drug-likeness (QED) is 0.293. The van der Waals surface area contributed by atoms with Crippen molar-refractivity contribution < 1.29 is 19.3 Å². The molecule has 0 saturated carbocycles. The third kappa shape index (κ3) is 7.32. The number of non-ortho nitro benzene ring substituents is 1. The minimum absolute atomic E-state index is 0.0256. The molecular formula is C19H18ClN5O5S. The van der Waals surface area contributed by atoms with E-state index >= 15 is 0 Å². The van der Waals surface area contributed by atoms with E-state index in [-0.39, 0.29) is 35.1 Å². The maximum absolute atomic E-state index is 12.1. The number of nitro benzene ring substituents is 1. The van der Waals surface area contributed by atoms with E-state index in [0.29, 0.717) is 16.3 Å². The number of anilines is 1. The van der Waals surface area contributed by atoms with Crippen LogP contribution in [0.2, 0.25) is 5.02 Å². The van der Waals surface area contributed by atoms with Crippen LogP contribution in [0, 0.1) is 17.0 Å². The van der Waals surface area contributed by atoms with Crippen LogP contribution in [0.15, 0.2) is 42.5 Å². The van der Waals surface area contributed by atoms with Crippen molar-refractivity contribution in [1.29, 1.82) is 0 Å². The minimum Gasteiger partial charge on any atom is -0.326 e. The summed E-state index contributed by atoms with van der Waals surface area (Å²) in [6, 6.07) is 10.2. The molecule has 0 spiro atoms. The highest BCUT2D eigenvalue weighted by Gasteiger charge is 2.13. The Hall–Kier alpha value is -3.57. The topological polar surface area (TPSA) is 142 Å². The summed E-state index contributed by atoms with van der Waals surface area (Å²) in [4.78, 5) is 46.1. The van der Waals surface area contributed by atoms with Gasteiger partial charge in [-0.1, -0.05) is 23.7 Å². The molecule has 2 rings (SSSR count). The van der Waals surface area contributed by atoms with Crippen molar-refractivity contribution >= 4 is 58.0 Å². The largest absolute Gasteiger partial charge is 0.326 e. The van der Waals surface area contributed by atoms with Crippen molar-refractivity contribution in [2.45, 2.75) is 19.8 Å². The summed E-state index contributed by atoms with van der Waals surface area (Å²) in [5.74, 6) is -1.60. The van der Waals surface area contributed by atoms with Gasteiger partial charge >= 0.3 is 0 Å². The van der Waals surface area contributed by atoms with Gasteiger partial charge in [-0.2, -0.15) is 0 Å². The van der Waals surface area contributed by atoms with E-state index < -0.39 is 16.7 Å².